The highest BCUT2D eigenvalue weighted by molar-refractivity contribution is 7.80. The lowest BCUT2D eigenvalue weighted by atomic mass is 9.96. The van der Waals surface area contributed by atoms with Crippen LogP contribution >= 0.6 is 12.2 Å². The average Bonchev–Trinajstić information content (AvgIpc) is 3.42. The Hall–Kier alpha value is -1.96. The number of rotatable bonds is 7. The van der Waals surface area contributed by atoms with Gasteiger partial charge in [0.15, 0.2) is 5.11 Å². The Labute approximate surface area is 178 Å². The van der Waals surface area contributed by atoms with E-state index in [1.807, 2.05) is 18.3 Å². The van der Waals surface area contributed by atoms with Crippen molar-refractivity contribution in [3.63, 3.8) is 0 Å². The number of aromatic nitrogens is 2. The lowest BCUT2D eigenvalue weighted by Crippen LogP contribution is -2.36. The molecule has 0 amide bonds. The van der Waals surface area contributed by atoms with Crippen molar-refractivity contribution < 1.29 is 9.47 Å². The molecule has 0 spiro atoms. The summed E-state index contributed by atoms with van der Waals surface area (Å²) >= 11 is 5.79. The molecule has 4 rings (SSSR count). The van der Waals surface area contributed by atoms with Crippen molar-refractivity contribution in [1.82, 2.24) is 19.8 Å². The van der Waals surface area contributed by atoms with E-state index < -0.39 is 0 Å². The van der Waals surface area contributed by atoms with Gasteiger partial charge in [-0.25, -0.2) is 0 Å². The Balaban J connectivity index is 1.72. The van der Waals surface area contributed by atoms with Gasteiger partial charge in [0, 0.05) is 44.4 Å². The van der Waals surface area contributed by atoms with Crippen molar-refractivity contribution in [2.45, 2.75) is 51.4 Å². The molecule has 29 heavy (non-hydrogen) atoms. The van der Waals surface area contributed by atoms with Crippen molar-refractivity contribution in [2.75, 3.05) is 26.9 Å². The molecule has 2 aliphatic heterocycles. The molecule has 2 aromatic heterocycles. The SMILES string of the molecule is COCCn1c(C)cc([C@H]2[C@H](c3ccccn3)NC(=S)N2C[C@@H]2CCCO2)c1C. The quantitative estimate of drug-likeness (QED) is 0.702. The summed E-state index contributed by atoms with van der Waals surface area (Å²) in [7, 11) is 1.74. The highest BCUT2D eigenvalue weighted by Gasteiger charge is 2.42. The molecule has 156 valence electrons. The van der Waals surface area contributed by atoms with Crippen LogP contribution in [0.25, 0.3) is 0 Å². The smallest absolute Gasteiger partial charge is 0.170 e. The molecule has 1 N–H and O–H groups in total. The standard InChI is InChI=1S/C22H30N4O2S/c1-15-13-18(16(2)25(15)10-12-27-3)21-20(19-8-4-5-9-23-19)24-22(29)26(21)14-17-7-6-11-28-17/h4-5,8-9,13,17,20-21H,6-7,10-12,14H2,1-3H3,(H,24,29)/t17-,20-,21-/m0/s1. The van der Waals surface area contributed by atoms with Gasteiger partial charge in [-0.3, -0.25) is 4.98 Å². The number of ether oxygens (including phenoxy) is 2. The highest BCUT2D eigenvalue weighted by atomic mass is 32.1. The number of pyridine rings is 1. The van der Waals surface area contributed by atoms with Crippen LogP contribution in [0.1, 0.15) is 47.6 Å². The van der Waals surface area contributed by atoms with E-state index in [0.29, 0.717) is 6.61 Å². The Morgan fingerprint density at radius 2 is 2.21 bits per heavy atom. The van der Waals surface area contributed by atoms with Gasteiger partial charge in [-0.15, -0.1) is 0 Å². The Morgan fingerprint density at radius 1 is 1.34 bits per heavy atom. The first kappa shape index (κ1) is 20.3. The first-order valence-corrected chi connectivity index (χ1v) is 10.8. The van der Waals surface area contributed by atoms with E-state index in [2.05, 4.69) is 45.7 Å². The van der Waals surface area contributed by atoms with Gasteiger partial charge in [-0.1, -0.05) is 6.07 Å². The molecule has 2 fully saturated rings. The topological polar surface area (TPSA) is 51.5 Å². The van der Waals surface area contributed by atoms with Gasteiger partial charge >= 0.3 is 0 Å². The van der Waals surface area contributed by atoms with E-state index in [9.17, 15) is 0 Å². The maximum Gasteiger partial charge on any atom is 0.170 e. The summed E-state index contributed by atoms with van der Waals surface area (Å²) < 4.78 is 13.6. The van der Waals surface area contributed by atoms with Crippen LogP contribution in [-0.4, -0.2) is 52.5 Å². The van der Waals surface area contributed by atoms with E-state index in [1.165, 1.54) is 17.0 Å². The molecule has 0 bridgehead atoms. The van der Waals surface area contributed by atoms with Crippen molar-refractivity contribution in [3.05, 3.63) is 53.1 Å². The highest BCUT2D eigenvalue weighted by Crippen LogP contribution is 2.41. The molecule has 6 nitrogen and oxygen atoms in total. The van der Waals surface area contributed by atoms with Gasteiger partial charge in [0.05, 0.1) is 30.5 Å². The van der Waals surface area contributed by atoms with E-state index in [-0.39, 0.29) is 18.2 Å². The lowest BCUT2D eigenvalue weighted by Gasteiger charge is -2.30. The number of hydrogen-bond acceptors (Lipinski definition) is 4. The van der Waals surface area contributed by atoms with Gasteiger partial charge in [0.2, 0.25) is 0 Å². The van der Waals surface area contributed by atoms with Crippen molar-refractivity contribution in [3.8, 4) is 0 Å². The second kappa shape index (κ2) is 8.81. The molecule has 0 saturated carbocycles. The molecule has 2 aliphatic rings. The summed E-state index contributed by atoms with van der Waals surface area (Å²) in [5.74, 6) is 0. The first-order valence-electron chi connectivity index (χ1n) is 10.4. The zero-order valence-corrected chi connectivity index (χ0v) is 18.2. The maximum absolute atomic E-state index is 5.93. The summed E-state index contributed by atoms with van der Waals surface area (Å²) in [4.78, 5) is 6.95. The molecule has 0 aliphatic carbocycles. The van der Waals surface area contributed by atoms with E-state index in [0.717, 1.165) is 43.3 Å². The minimum atomic E-state index is 0.0153. The lowest BCUT2D eigenvalue weighted by molar-refractivity contribution is 0.0841. The van der Waals surface area contributed by atoms with Gasteiger partial charge in [-0.05, 0) is 62.7 Å². The fraction of sp³-hybridized carbons (Fsp3) is 0.545. The maximum atomic E-state index is 5.93. The van der Waals surface area contributed by atoms with Crippen LogP contribution in [0.5, 0.6) is 0 Å². The molecule has 4 heterocycles. The van der Waals surface area contributed by atoms with E-state index in [1.54, 1.807) is 7.11 Å². The summed E-state index contributed by atoms with van der Waals surface area (Å²) in [6, 6.07) is 8.46. The predicted octanol–water partition coefficient (Wildman–Crippen LogP) is 3.30. The molecule has 0 radical (unpaired) electrons. The first-order chi connectivity index (χ1) is 14.1. The Bertz CT molecular complexity index is 848. The Kier molecular flexibility index (Phi) is 6.18. The van der Waals surface area contributed by atoms with Crippen LogP contribution < -0.4 is 5.32 Å². The molecule has 0 unspecified atom stereocenters. The molecular formula is C22H30N4O2S. The normalized spacial score (nSPS) is 24.3. The van der Waals surface area contributed by atoms with Gasteiger partial charge in [-0.2, -0.15) is 0 Å². The van der Waals surface area contributed by atoms with Gasteiger partial charge in [0.25, 0.3) is 0 Å². The largest absolute Gasteiger partial charge is 0.383 e. The Morgan fingerprint density at radius 3 is 2.90 bits per heavy atom. The number of aryl methyl sites for hydroxylation is 1. The van der Waals surface area contributed by atoms with E-state index in [4.69, 9.17) is 21.7 Å². The fourth-order valence-electron chi connectivity index (χ4n) is 4.60. The molecule has 3 atom stereocenters. The zero-order valence-electron chi connectivity index (χ0n) is 17.4. The minimum Gasteiger partial charge on any atom is -0.383 e. The molecule has 2 aromatic rings. The number of nitrogens with one attached hydrogen (secondary N) is 1. The van der Waals surface area contributed by atoms with Gasteiger partial charge in [0.1, 0.15) is 0 Å². The van der Waals surface area contributed by atoms with Crippen LogP contribution in [0.4, 0.5) is 0 Å². The number of thiocarbonyl (C=S) groups is 1. The van der Waals surface area contributed by atoms with Crippen LogP contribution in [0.15, 0.2) is 30.5 Å². The molecular weight excluding hydrogens is 384 g/mol. The van der Waals surface area contributed by atoms with Crippen molar-refractivity contribution in [2.24, 2.45) is 0 Å². The molecule has 7 heteroatoms. The predicted molar refractivity (Wildman–Crippen MR) is 117 cm³/mol. The van der Waals surface area contributed by atoms with Crippen LogP contribution in [0, 0.1) is 13.8 Å². The number of nitrogens with zero attached hydrogens (tertiary/aromatic N) is 3. The summed E-state index contributed by atoms with van der Waals surface area (Å²) in [5.41, 5.74) is 4.80. The zero-order chi connectivity index (χ0) is 20.4. The van der Waals surface area contributed by atoms with Crippen molar-refractivity contribution >= 4 is 17.3 Å². The molecule has 0 aromatic carbocycles. The third-order valence-electron chi connectivity index (χ3n) is 6.07. The third-order valence-corrected chi connectivity index (χ3v) is 6.42. The van der Waals surface area contributed by atoms with Crippen LogP contribution in [-0.2, 0) is 16.0 Å². The summed E-state index contributed by atoms with van der Waals surface area (Å²) in [6.45, 7) is 7.55. The van der Waals surface area contributed by atoms with Crippen LogP contribution in [0.2, 0.25) is 0 Å². The summed E-state index contributed by atoms with van der Waals surface area (Å²) in [5, 5.41) is 4.33. The number of methoxy groups -OCH3 is 1. The van der Waals surface area contributed by atoms with E-state index >= 15 is 0 Å². The third kappa shape index (κ3) is 4.04. The monoisotopic (exact) mass is 414 g/mol. The second-order valence-electron chi connectivity index (χ2n) is 7.88. The molecule has 2 saturated heterocycles. The summed E-state index contributed by atoms with van der Waals surface area (Å²) in [6.07, 6.45) is 4.30. The van der Waals surface area contributed by atoms with Crippen molar-refractivity contribution in [1.29, 1.82) is 0 Å². The second-order valence-corrected chi connectivity index (χ2v) is 8.27. The van der Waals surface area contributed by atoms with Gasteiger partial charge < -0.3 is 24.3 Å². The fourth-order valence-corrected chi connectivity index (χ4v) is 4.92. The van der Waals surface area contributed by atoms with Crippen LogP contribution in [0.3, 0.4) is 0 Å². The minimum absolute atomic E-state index is 0.0153. The number of hydrogen-bond donors (Lipinski definition) is 1. The average molecular weight is 415 g/mol.